The SMILES string of the molecule is O=C(OCC1c2ccccc2-c2ccccc21)C1CCCN1. The van der Waals surface area contributed by atoms with Crippen LogP contribution in [0.3, 0.4) is 0 Å². The molecule has 0 bridgehead atoms. The second kappa shape index (κ2) is 5.58. The number of benzene rings is 2. The molecule has 3 heteroatoms. The van der Waals surface area contributed by atoms with E-state index in [0.717, 1.165) is 19.4 Å². The maximum Gasteiger partial charge on any atom is 0.323 e. The van der Waals surface area contributed by atoms with Gasteiger partial charge in [-0.25, -0.2) is 0 Å². The average molecular weight is 293 g/mol. The zero-order valence-corrected chi connectivity index (χ0v) is 12.4. The number of rotatable bonds is 3. The Balaban J connectivity index is 1.57. The van der Waals surface area contributed by atoms with Gasteiger partial charge >= 0.3 is 5.97 Å². The van der Waals surface area contributed by atoms with Gasteiger partial charge in [0.15, 0.2) is 0 Å². The Morgan fingerprint density at radius 2 is 1.68 bits per heavy atom. The first-order valence-electron chi connectivity index (χ1n) is 7.93. The molecule has 1 atom stereocenters. The lowest BCUT2D eigenvalue weighted by atomic mass is 9.98. The molecule has 1 saturated heterocycles. The van der Waals surface area contributed by atoms with E-state index in [4.69, 9.17) is 4.74 Å². The standard InChI is InChI=1S/C19H19NO2/c21-19(18-10-5-11-20-18)22-12-17-15-8-3-1-6-13(15)14-7-2-4-9-16(14)17/h1-4,6-9,17-18,20H,5,10-12H2. The van der Waals surface area contributed by atoms with Gasteiger partial charge in [-0.05, 0) is 41.6 Å². The van der Waals surface area contributed by atoms with Gasteiger partial charge in [-0.2, -0.15) is 0 Å². The zero-order chi connectivity index (χ0) is 14.9. The van der Waals surface area contributed by atoms with Gasteiger partial charge in [-0.15, -0.1) is 0 Å². The van der Waals surface area contributed by atoms with Crippen molar-refractivity contribution < 1.29 is 9.53 Å². The number of hydrogen-bond acceptors (Lipinski definition) is 3. The van der Waals surface area contributed by atoms with Crippen molar-refractivity contribution in [3.63, 3.8) is 0 Å². The molecule has 2 aliphatic rings. The van der Waals surface area contributed by atoms with Crippen molar-refractivity contribution in [2.24, 2.45) is 0 Å². The molecule has 22 heavy (non-hydrogen) atoms. The first-order chi connectivity index (χ1) is 10.8. The van der Waals surface area contributed by atoms with Crippen LogP contribution in [0.15, 0.2) is 48.5 Å². The Morgan fingerprint density at radius 1 is 1.05 bits per heavy atom. The fourth-order valence-corrected chi connectivity index (χ4v) is 3.59. The number of fused-ring (bicyclic) bond motifs is 3. The van der Waals surface area contributed by atoms with E-state index < -0.39 is 0 Å². The van der Waals surface area contributed by atoms with Crippen molar-refractivity contribution >= 4 is 5.97 Å². The van der Waals surface area contributed by atoms with Crippen LogP contribution in [0, 0.1) is 0 Å². The smallest absolute Gasteiger partial charge is 0.323 e. The van der Waals surface area contributed by atoms with Crippen LogP contribution in [-0.4, -0.2) is 25.2 Å². The van der Waals surface area contributed by atoms with Crippen molar-refractivity contribution in [1.82, 2.24) is 5.32 Å². The fraction of sp³-hybridized carbons (Fsp3) is 0.316. The molecule has 4 rings (SSSR count). The van der Waals surface area contributed by atoms with Crippen molar-refractivity contribution in [2.45, 2.75) is 24.8 Å². The lowest BCUT2D eigenvalue weighted by Gasteiger charge is -2.16. The minimum absolute atomic E-state index is 0.112. The van der Waals surface area contributed by atoms with E-state index in [-0.39, 0.29) is 17.9 Å². The molecule has 0 saturated carbocycles. The summed E-state index contributed by atoms with van der Waals surface area (Å²) in [6.07, 6.45) is 1.94. The van der Waals surface area contributed by atoms with Gasteiger partial charge in [0.05, 0.1) is 0 Å². The molecule has 2 aromatic carbocycles. The molecule has 0 aromatic heterocycles. The van der Waals surface area contributed by atoms with Crippen LogP contribution in [0.2, 0.25) is 0 Å². The van der Waals surface area contributed by atoms with E-state index in [2.05, 4.69) is 53.8 Å². The largest absolute Gasteiger partial charge is 0.464 e. The number of nitrogens with one attached hydrogen (secondary N) is 1. The van der Waals surface area contributed by atoms with E-state index in [9.17, 15) is 4.79 Å². The highest BCUT2D eigenvalue weighted by Crippen LogP contribution is 2.44. The molecule has 1 aliphatic heterocycles. The topological polar surface area (TPSA) is 38.3 Å². The first-order valence-corrected chi connectivity index (χ1v) is 7.93. The number of ether oxygens (including phenoxy) is 1. The van der Waals surface area contributed by atoms with Gasteiger partial charge in [-0.1, -0.05) is 48.5 Å². The molecular formula is C19H19NO2. The lowest BCUT2D eigenvalue weighted by molar-refractivity contribution is -0.146. The van der Waals surface area contributed by atoms with Crippen molar-refractivity contribution in [3.8, 4) is 11.1 Å². The third-order valence-electron chi connectivity index (χ3n) is 4.70. The second-order valence-electron chi connectivity index (χ2n) is 6.01. The van der Waals surface area contributed by atoms with E-state index in [0.29, 0.717) is 6.61 Å². The Labute approximate surface area is 130 Å². The Kier molecular flexibility index (Phi) is 3.43. The predicted molar refractivity (Wildman–Crippen MR) is 85.7 cm³/mol. The molecule has 2 aromatic rings. The summed E-state index contributed by atoms with van der Waals surface area (Å²) < 4.78 is 5.62. The van der Waals surface area contributed by atoms with Crippen LogP contribution in [-0.2, 0) is 9.53 Å². The summed E-state index contributed by atoms with van der Waals surface area (Å²) in [4.78, 5) is 12.1. The highest BCUT2D eigenvalue weighted by Gasteiger charge is 2.30. The Bertz CT molecular complexity index is 659. The maximum atomic E-state index is 12.1. The molecule has 0 amide bonds. The predicted octanol–water partition coefficient (Wildman–Crippen LogP) is 3.09. The first kappa shape index (κ1) is 13.5. The van der Waals surface area contributed by atoms with Crippen LogP contribution in [0.5, 0.6) is 0 Å². The molecule has 1 aliphatic carbocycles. The molecule has 3 nitrogen and oxygen atoms in total. The fourth-order valence-electron chi connectivity index (χ4n) is 3.59. The molecule has 1 fully saturated rings. The maximum absolute atomic E-state index is 12.1. The summed E-state index contributed by atoms with van der Waals surface area (Å²) in [6, 6.07) is 16.7. The van der Waals surface area contributed by atoms with Gasteiger partial charge in [0, 0.05) is 5.92 Å². The monoisotopic (exact) mass is 293 g/mol. The molecular weight excluding hydrogens is 274 g/mol. The van der Waals surface area contributed by atoms with Gasteiger partial charge in [0.2, 0.25) is 0 Å². The minimum Gasteiger partial charge on any atom is -0.464 e. The molecule has 1 unspecified atom stereocenters. The number of esters is 1. The molecule has 1 heterocycles. The quantitative estimate of drug-likeness (QED) is 0.884. The van der Waals surface area contributed by atoms with Gasteiger partial charge in [0.25, 0.3) is 0 Å². The number of carbonyl (C=O) groups is 1. The van der Waals surface area contributed by atoms with Crippen LogP contribution in [0.4, 0.5) is 0 Å². The number of carbonyl (C=O) groups excluding carboxylic acids is 1. The molecule has 1 N–H and O–H groups in total. The Morgan fingerprint density at radius 3 is 2.27 bits per heavy atom. The molecule has 112 valence electrons. The molecule has 0 spiro atoms. The zero-order valence-electron chi connectivity index (χ0n) is 12.4. The van der Waals surface area contributed by atoms with Gasteiger partial charge in [-0.3, -0.25) is 4.79 Å². The van der Waals surface area contributed by atoms with E-state index in [1.54, 1.807) is 0 Å². The summed E-state index contributed by atoms with van der Waals surface area (Å²) in [5.41, 5.74) is 5.04. The second-order valence-corrected chi connectivity index (χ2v) is 6.01. The third-order valence-corrected chi connectivity index (χ3v) is 4.70. The Hall–Kier alpha value is -2.13. The number of hydrogen-bond donors (Lipinski definition) is 1. The summed E-state index contributed by atoms with van der Waals surface area (Å²) >= 11 is 0. The third kappa shape index (κ3) is 2.22. The van der Waals surface area contributed by atoms with Crippen LogP contribution < -0.4 is 5.32 Å². The van der Waals surface area contributed by atoms with Gasteiger partial charge in [0.1, 0.15) is 12.6 Å². The van der Waals surface area contributed by atoms with E-state index in [1.165, 1.54) is 22.3 Å². The average Bonchev–Trinajstić information content (AvgIpc) is 3.20. The van der Waals surface area contributed by atoms with Gasteiger partial charge < -0.3 is 10.1 Å². The highest BCUT2D eigenvalue weighted by atomic mass is 16.5. The summed E-state index contributed by atoms with van der Waals surface area (Å²) in [7, 11) is 0. The van der Waals surface area contributed by atoms with Crippen molar-refractivity contribution in [1.29, 1.82) is 0 Å². The van der Waals surface area contributed by atoms with Crippen molar-refractivity contribution in [3.05, 3.63) is 59.7 Å². The highest BCUT2D eigenvalue weighted by molar-refractivity contribution is 5.79. The van der Waals surface area contributed by atoms with Crippen LogP contribution >= 0.6 is 0 Å². The van der Waals surface area contributed by atoms with E-state index in [1.807, 2.05) is 0 Å². The summed E-state index contributed by atoms with van der Waals surface area (Å²) in [5, 5.41) is 3.20. The lowest BCUT2D eigenvalue weighted by Crippen LogP contribution is -2.33. The van der Waals surface area contributed by atoms with E-state index >= 15 is 0 Å². The van der Waals surface area contributed by atoms with Crippen LogP contribution in [0.25, 0.3) is 11.1 Å². The summed E-state index contributed by atoms with van der Waals surface area (Å²) in [5.74, 6) is 0.0390. The molecule has 0 radical (unpaired) electrons. The minimum atomic E-state index is -0.119. The van der Waals surface area contributed by atoms with Crippen LogP contribution in [0.1, 0.15) is 29.9 Å². The van der Waals surface area contributed by atoms with Crippen molar-refractivity contribution in [2.75, 3.05) is 13.2 Å². The summed E-state index contributed by atoms with van der Waals surface area (Å²) in [6.45, 7) is 1.33. The normalized spacial score (nSPS) is 19.7.